The van der Waals surface area contributed by atoms with E-state index in [1.807, 2.05) is 18.2 Å². The predicted molar refractivity (Wildman–Crippen MR) is 66.1 cm³/mol. The molecule has 0 spiro atoms. The van der Waals surface area contributed by atoms with Crippen molar-refractivity contribution >= 4 is 17.5 Å². The van der Waals surface area contributed by atoms with Gasteiger partial charge in [-0.3, -0.25) is 4.79 Å². The third kappa shape index (κ3) is 3.01. The Morgan fingerprint density at radius 2 is 2.31 bits per heavy atom. The van der Waals surface area contributed by atoms with Crippen LogP contribution in [0.5, 0.6) is 5.75 Å². The van der Waals surface area contributed by atoms with Gasteiger partial charge in [-0.25, -0.2) is 0 Å². The fourth-order valence-electron chi connectivity index (χ4n) is 1.95. The molecule has 16 heavy (non-hydrogen) atoms. The Labute approximate surface area is 100 Å². The van der Waals surface area contributed by atoms with Gasteiger partial charge in [0, 0.05) is 23.0 Å². The van der Waals surface area contributed by atoms with Gasteiger partial charge >= 0.3 is 0 Å². The second-order valence-electron chi connectivity index (χ2n) is 4.05. The Morgan fingerprint density at radius 3 is 3.06 bits per heavy atom. The average Bonchev–Trinajstić information content (AvgIpc) is 2.29. The Kier molecular flexibility index (Phi) is 3.88. The summed E-state index contributed by atoms with van der Waals surface area (Å²) in [7, 11) is 1.67. The SMILES string of the molecule is COc1cccc(S[C@@H]2CCCC(=O)C2)c1. The largest absolute Gasteiger partial charge is 0.497 e. The lowest BCUT2D eigenvalue weighted by Crippen LogP contribution is -2.16. The fourth-order valence-corrected chi connectivity index (χ4v) is 3.23. The molecule has 0 heterocycles. The minimum atomic E-state index is 0.409. The summed E-state index contributed by atoms with van der Waals surface area (Å²) in [6, 6.07) is 8.04. The van der Waals surface area contributed by atoms with Crippen molar-refractivity contribution in [1.29, 1.82) is 0 Å². The summed E-state index contributed by atoms with van der Waals surface area (Å²) in [5.74, 6) is 1.29. The molecule has 0 N–H and O–H groups in total. The highest BCUT2D eigenvalue weighted by Crippen LogP contribution is 2.33. The van der Waals surface area contributed by atoms with E-state index in [1.165, 1.54) is 4.90 Å². The van der Waals surface area contributed by atoms with Crippen molar-refractivity contribution in [1.82, 2.24) is 0 Å². The van der Waals surface area contributed by atoms with Crippen LogP contribution in [0, 0.1) is 0 Å². The quantitative estimate of drug-likeness (QED) is 0.805. The number of carbonyl (C=O) groups is 1. The molecule has 0 radical (unpaired) electrons. The van der Waals surface area contributed by atoms with Crippen LogP contribution in [0.3, 0.4) is 0 Å². The van der Waals surface area contributed by atoms with Crippen molar-refractivity contribution in [2.24, 2.45) is 0 Å². The van der Waals surface area contributed by atoms with Crippen LogP contribution >= 0.6 is 11.8 Å². The van der Waals surface area contributed by atoms with Gasteiger partial charge in [-0.1, -0.05) is 6.07 Å². The normalized spacial score (nSPS) is 20.8. The van der Waals surface area contributed by atoms with E-state index < -0.39 is 0 Å². The standard InChI is InChI=1S/C13H16O2S/c1-15-11-5-3-7-13(9-11)16-12-6-2-4-10(14)8-12/h3,5,7,9,12H,2,4,6,8H2,1H3/t12-/m1/s1. The van der Waals surface area contributed by atoms with Crippen LogP contribution in [0.4, 0.5) is 0 Å². The molecule has 1 saturated carbocycles. The number of thioether (sulfide) groups is 1. The molecule has 1 aromatic carbocycles. The first-order valence-corrected chi connectivity index (χ1v) is 6.48. The van der Waals surface area contributed by atoms with Crippen molar-refractivity contribution in [3.8, 4) is 5.75 Å². The summed E-state index contributed by atoms with van der Waals surface area (Å²) < 4.78 is 5.18. The van der Waals surface area contributed by atoms with Gasteiger partial charge in [0.25, 0.3) is 0 Å². The van der Waals surface area contributed by atoms with Gasteiger partial charge < -0.3 is 4.74 Å². The first-order chi connectivity index (χ1) is 7.78. The molecule has 0 unspecified atom stereocenters. The number of ether oxygens (including phenoxy) is 1. The Balaban J connectivity index is 1.99. The lowest BCUT2D eigenvalue weighted by atomic mass is 9.99. The van der Waals surface area contributed by atoms with Crippen LogP contribution in [0.1, 0.15) is 25.7 Å². The van der Waals surface area contributed by atoms with Crippen molar-refractivity contribution in [2.45, 2.75) is 35.8 Å². The number of benzene rings is 1. The number of hydrogen-bond acceptors (Lipinski definition) is 3. The number of rotatable bonds is 3. The summed E-state index contributed by atoms with van der Waals surface area (Å²) in [5.41, 5.74) is 0. The topological polar surface area (TPSA) is 26.3 Å². The lowest BCUT2D eigenvalue weighted by molar-refractivity contribution is -0.120. The molecule has 0 amide bonds. The highest BCUT2D eigenvalue weighted by molar-refractivity contribution is 8.00. The van der Waals surface area contributed by atoms with Gasteiger partial charge in [0.2, 0.25) is 0 Å². The van der Waals surface area contributed by atoms with Crippen LogP contribution in [-0.4, -0.2) is 18.1 Å². The summed E-state index contributed by atoms with van der Waals surface area (Å²) in [4.78, 5) is 12.5. The Hall–Kier alpha value is -0.960. The van der Waals surface area contributed by atoms with E-state index in [4.69, 9.17) is 4.74 Å². The molecule has 86 valence electrons. The summed E-state index contributed by atoms with van der Waals surface area (Å²) in [6.07, 6.45) is 3.69. The van der Waals surface area contributed by atoms with E-state index in [0.29, 0.717) is 11.0 Å². The molecule has 1 aromatic rings. The first kappa shape index (κ1) is 11.5. The zero-order valence-corrected chi connectivity index (χ0v) is 10.3. The van der Waals surface area contributed by atoms with E-state index in [-0.39, 0.29) is 0 Å². The third-order valence-corrected chi connectivity index (χ3v) is 4.04. The first-order valence-electron chi connectivity index (χ1n) is 5.60. The number of carbonyl (C=O) groups excluding carboxylic acids is 1. The van der Waals surface area contributed by atoms with Crippen LogP contribution in [-0.2, 0) is 4.79 Å². The molecule has 0 aromatic heterocycles. The van der Waals surface area contributed by atoms with E-state index in [9.17, 15) is 4.79 Å². The number of methoxy groups -OCH3 is 1. The lowest BCUT2D eigenvalue weighted by Gasteiger charge is -2.20. The van der Waals surface area contributed by atoms with Crippen LogP contribution < -0.4 is 4.74 Å². The molecule has 0 saturated heterocycles. The van der Waals surface area contributed by atoms with Gasteiger partial charge in [-0.15, -0.1) is 11.8 Å². The number of ketones is 1. The minimum absolute atomic E-state index is 0.409. The maximum absolute atomic E-state index is 11.3. The zero-order chi connectivity index (χ0) is 11.4. The molecule has 1 fully saturated rings. The maximum atomic E-state index is 11.3. The highest BCUT2D eigenvalue weighted by atomic mass is 32.2. The van der Waals surface area contributed by atoms with Crippen molar-refractivity contribution in [3.05, 3.63) is 24.3 Å². The average molecular weight is 236 g/mol. The number of Topliss-reactive ketones (excluding diaryl/α,β-unsaturated/α-hetero) is 1. The van der Waals surface area contributed by atoms with Crippen molar-refractivity contribution < 1.29 is 9.53 Å². The molecule has 2 nitrogen and oxygen atoms in total. The zero-order valence-electron chi connectivity index (χ0n) is 9.44. The van der Waals surface area contributed by atoms with Crippen molar-refractivity contribution in [3.63, 3.8) is 0 Å². The van der Waals surface area contributed by atoms with Crippen LogP contribution in [0.25, 0.3) is 0 Å². The molecule has 1 atom stereocenters. The smallest absolute Gasteiger partial charge is 0.134 e. The molecule has 1 aliphatic rings. The van der Waals surface area contributed by atoms with Gasteiger partial charge in [0.05, 0.1) is 7.11 Å². The second kappa shape index (κ2) is 5.39. The molecule has 2 rings (SSSR count). The second-order valence-corrected chi connectivity index (χ2v) is 5.43. The summed E-state index contributed by atoms with van der Waals surface area (Å²) in [5, 5.41) is 0.452. The molecule has 1 aliphatic carbocycles. The number of hydrogen-bond donors (Lipinski definition) is 0. The van der Waals surface area contributed by atoms with Gasteiger partial charge in [0.1, 0.15) is 11.5 Å². The van der Waals surface area contributed by atoms with Gasteiger partial charge in [-0.2, -0.15) is 0 Å². The van der Waals surface area contributed by atoms with Crippen molar-refractivity contribution in [2.75, 3.05) is 7.11 Å². The Bertz CT molecular complexity index is 376. The van der Waals surface area contributed by atoms with Gasteiger partial charge in [-0.05, 0) is 31.0 Å². The maximum Gasteiger partial charge on any atom is 0.134 e. The van der Waals surface area contributed by atoms with Crippen LogP contribution in [0.15, 0.2) is 29.2 Å². The third-order valence-electron chi connectivity index (χ3n) is 2.78. The summed E-state index contributed by atoms with van der Waals surface area (Å²) >= 11 is 1.80. The monoisotopic (exact) mass is 236 g/mol. The highest BCUT2D eigenvalue weighted by Gasteiger charge is 2.20. The fraction of sp³-hybridized carbons (Fsp3) is 0.462. The van der Waals surface area contributed by atoms with Crippen LogP contribution in [0.2, 0.25) is 0 Å². The molecule has 0 bridgehead atoms. The van der Waals surface area contributed by atoms with E-state index >= 15 is 0 Å². The Morgan fingerprint density at radius 1 is 1.44 bits per heavy atom. The van der Waals surface area contributed by atoms with E-state index in [0.717, 1.165) is 31.4 Å². The molecule has 3 heteroatoms. The molecule has 0 aliphatic heterocycles. The molecular formula is C13H16O2S. The minimum Gasteiger partial charge on any atom is -0.497 e. The molecular weight excluding hydrogens is 220 g/mol. The van der Waals surface area contributed by atoms with Gasteiger partial charge in [0.15, 0.2) is 0 Å². The predicted octanol–water partition coefficient (Wildman–Crippen LogP) is 3.30. The summed E-state index contributed by atoms with van der Waals surface area (Å²) in [6.45, 7) is 0. The van der Waals surface area contributed by atoms with E-state index in [2.05, 4.69) is 6.07 Å². The van der Waals surface area contributed by atoms with E-state index in [1.54, 1.807) is 18.9 Å².